The molecule has 3 heterocycles. The molecule has 0 bridgehead atoms. The van der Waals surface area contributed by atoms with E-state index in [1.54, 1.807) is 11.3 Å². The maximum atomic E-state index is 12.0. The second-order valence-corrected chi connectivity index (χ2v) is 6.92. The van der Waals surface area contributed by atoms with E-state index in [1.807, 2.05) is 25.1 Å². The van der Waals surface area contributed by atoms with Crippen molar-refractivity contribution in [2.45, 2.75) is 26.3 Å². The van der Waals surface area contributed by atoms with Crippen molar-refractivity contribution in [2.75, 3.05) is 26.7 Å². The first-order valence-corrected chi connectivity index (χ1v) is 7.30. The molecule has 1 unspecified atom stereocenters. The highest BCUT2D eigenvalue weighted by atomic mass is 32.1. The first kappa shape index (κ1) is 12.1. The number of rotatable bonds is 2. The fraction of sp³-hybridized carbons (Fsp3) is 0.692. The van der Waals surface area contributed by atoms with Crippen LogP contribution in [0.5, 0.6) is 0 Å². The molecule has 18 heavy (non-hydrogen) atoms. The van der Waals surface area contributed by atoms with Crippen molar-refractivity contribution in [3.05, 3.63) is 16.1 Å². The molecule has 1 amide bonds. The zero-order valence-corrected chi connectivity index (χ0v) is 11.8. The van der Waals surface area contributed by atoms with Crippen molar-refractivity contribution >= 4 is 17.2 Å². The van der Waals surface area contributed by atoms with E-state index >= 15 is 0 Å². The van der Waals surface area contributed by atoms with Gasteiger partial charge in [0.2, 0.25) is 5.91 Å². The molecule has 0 radical (unpaired) electrons. The van der Waals surface area contributed by atoms with Crippen LogP contribution in [0.2, 0.25) is 0 Å². The number of piperidine rings is 1. The SMILES string of the molecule is Cc1ncc(CN2CCCC3(C2)CN(C)C3=O)s1. The van der Waals surface area contributed by atoms with Crippen LogP contribution in [0.1, 0.15) is 22.7 Å². The predicted octanol–water partition coefficient (Wildman–Crippen LogP) is 1.51. The Kier molecular flexibility index (Phi) is 2.90. The number of carbonyl (C=O) groups excluding carboxylic acids is 1. The summed E-state index contributed by atoms with van der Waals surface area (Å²) in [5, 5.41) is 1.12. The summed E-state index contributed by atoms with van der Waals surface area (Å²) < 4.78 is 0. The summed E-state index contributed by atoms with van der Waals surface area (Å²) in [5.74, 6) is 0.340. The van der Waals surface area contributed by atoms with Crippen LogP contribution in [0, 0.1) is 12.3 Å². The second kappa shape index (κ2) is 4.31. The minimum atomic E-state index is -0.0628. The average molecular weight is 265 g/mol. The first-order valence-electron chi connectivity index (χ1n) is 6.48. The number of β-lactam (4-membered cyclic amide) rings is 1. The lowest BCUT2D eigenvalue weighted by molar-refractivity contribution is -0.163. The summed E-state index contributed by atoms with van der Waals surface area (Å²) in [6, 6.07) is 0. The topological polar surface area (TPSA) is 36.4 Å². The minimum Gasteiger partial charge on any atom is -0.344 e. The molecule has 0 aromatic carbocycles. The molecule has 4 nitrogen and oxygen atoms in total. The van der Waals surface area contributed by atoms with Gasteiger partial charge in [-0.25, -0.2) is 4.98 Å². The third-order valence-electron chi connectivity index (χ3n) is 4.04. The Balaban J connectivity index is 1.66. The molecule has 2 fully saturated rings. The van der Waals surface area contributed by atoms with Crippen LogP contribution < -0.4 is 0 Å². The number of hydrogen-bond donors (Lipinski definition) is 0. The lowest BCUT2D eigenvalue weighted by atomic mass is 9.72. The summed E-state index contributed by atoms with van der Waals surface area (Å²) in [5.41, 5.74) is -0.0628. The van der Waals surface area contributed by atoms with Crippen LogP contribution in [0.3, 0.4) is 0 Å². The summed E-state index contributed by atoms with van der Waals surface area (Å²) in [6.07, 6.45) is 4.17. The Morgan fingerprint density at radius 3 is 2.94 bits per heavy atom. The number of likely N-dealkylation sites (tertiary alicyclic amines) is 2. The van der Waals surface area contributed by atoms with Gasteiger partial charge in [-0.2, -0.15) is 0 Å². The molecule has 1 atom stereocenters. The van der Waals surface area contributed by atoms with Crippen LogP contribution in [-0.2, 0) is 11.3 Å². The smallest absolute Gasteiger partial charge is 0.231 e. The van der Waals surface area contributed by atoms with Gasteiger partial charge in [-0.3, -0.25) is 9.69 Å². The minimum absolute atomic E-state index is 0.0628. The van der Waals surface area contributed by atoms with E-state index in [-0.39, 0.29) is 5.41 Å². The third-order valence-corrected chi connectivity index (χ3v) is 4.94. The van der Waals surface area contributed by atoms with E-state index in [0.717, 1.165) is 44.0 Å². The molecule has 0 aliphatic carbocycles. The number of hydrogen-bond acceptors (Lipinski definition) is 4. The summed E-state index contributed by atoms with van der Waals surface area (Å²) in [4.78, 5) is 21.9. The molecule has 3 rings (SSSR count). The molecule has 0 N–H and O–H groups in total. The Bertz CT molecular complexity index is 469. The van der Waals surface area contributed by atoms with Crippen molar-refractivity contribution < 1.29 is 4.79 Å². The first-order chi connectivity index (χ1) is 8.59. The number of aromatic nitrogens is 1. The monoisotopic (exact) mass is 265 g/mol. The molecule has 1 aromatic rings. The number of carbonyl (C=O) groups is 1. The van der Waals surface area contributed by atoms with Crippen LogP contribution in [-0.4, -0.2) is 47.4 Å². The standard InChI is InChI=1S/C13H19N3OS/c1-10-14-6-11(18-10)7-16-5-3-4-13(9-16)8-15(2)12(13)17/h6H,3-5,7-9H2,1-2H3. The van der Waals surface area contributed by atoms with Gasteiger partial charge >= 0.3 is 0 Å². The highest BCUT2D eigenvalue weighted by Crippen LogP contribution is 2.39. The van der Waals surface area contributed by atoms with E-state index in [0.29, 0.717) is 5.91 Å². The molecular formula is C13H19N3OS. The Hall–Kier alpha value is -0.940. The molecule has 5 heteroatoms. The van der Waals surface area contributed by atoms with Gasteiger partial charge in [-0.15, -0.1) is 11.3 Å². The third kappa shape index (κ3) is 1.95. The van der Waals surface area contributed by atoms with Gasteiger partial charge in [0.15, 0.2) is 0 Å². The second-order valence-electron chi connectivity index (χ2n) is 5.60. The Morgan fingerprint density at radius 2 is 2.33 bits per heavy atom. The van der Waals surface area contributed by atoms with Crippen LogP contribution in [0.25, 0.3) is 0 Å². The van der Waals surface area contributed by atoms with E-state index < -0.39 is 0 Å². The van der Waals surface area contributed by atoms with Crippen molar-refractivity contribution in [1.29, 1.82) is 0 Å². The van der Waals surface area contributed by atoms with E-state index in [2.05, 4.69) is 9.88 Å². The van der Waals surface area contributed by atoms with Gasteiger partial charge in [0.25, 0.3) is 0 Å². The van der Waals surface area contributed by atoms with Crippen molar-refractivity contribution in [2.24, 2.45) is 5.41 Å². The van der Waals surface area contributed by atoms with Gasteiger partial charge in [0.05, 0.1) is 10.4 Å². The van der Waals surface area contributed by atoms with Crippen LogP contribution in [0.15, 0.2) is 6.20 Å². The van der Waals surface area contributed by atoms with Gasteiger partial charge in [-0.05, 0) is 26.3 Å². The van der Waals surface area contributed by atoms with Gasteiger partial charge in [0.1, 0.15) is 0 Å². The summed E-state index contributed by atoms with van der Waals surface area (Å²) in [7, 11) is 1.90. The highest BCUT2D eigenvalue weighted by molar-refractivity contribution is 7.11. The van der Waals surface area contributed by atoms with Crippen LogP contribution in [0.4, 0.5) is 0 Å². The zero-order valence-electron chi connectivity index (χ0n) is 11.0. The Morgan fingerprint density at radius 1 is 1.50 bits per heavy atom. The molecule has 98 valence electrons. The van der Waals surface area contributed by atoms with Crippen LogP contribution >= 0.6 is 11.3 Å². The lowest BCUT2D eigenvalue weighted by Crippen LogP contribution is -2.65. The summed E-state index contributed by atoms with van der Waals surface area (Å²) in [6.45, 7) is 5.95. The maximum Gasteiger partial charge on any atom is 0.231 e. The van der Waals surface area contributed by atoms with Gasteiger partial charge < -0.3 is 4.90 Å². The largest absolute Gasteiger partial charge is 0.344 e. The molecule has 1 aromatic heterocycles. The van der Waals surface area contributed by atoms with Gasteiger partial charge in [0, 0.05) is 37.8 Å². The fourth-order valence-electron chi connectivity index (χ4n) is 3.27. The average Bonchev–Trinajstić information content (AvgIpc) is 2.75. The number of aryl methyl sites for hydroxylation is 1. The predicted molar refractivity (Wildman–Crippen MR) is 71.4 cm³/mol. The maximum absolute atomic E-state index is 12.0. The molecule has 2 aliphatic rings. The number of amides is 1. The molecular weight excluding hydrogens is 246 g/mol. The molecule has 1 spiro atoms. The number of nitrogens with zero attached hydrogens (tertiary/aromatic N) is 3. The van der Waals surface area contributed by atoms with Gasteiger partial charge in [-0.1, -0.05) is 0 Å². The molecule has 0 saturated carbocycles. The fourth-order valence-corrected chi connectivity index (χ4v) is 4.11. The van der Waals surface area contributed by atoms with Crippen molar-refractivity contribution in [1.82, 2.24) is 14.8 Å². The highest BCUT2D eigenvalue weighted by Gasteiger charge is 2.52. The van der Waals surface area contributed by atoms with Crippen molar-refractivity contribution in [3.63, 3.8) is 0 Å². The summed E-state index contributed by atoms with van der Waals surface area (Å²) >= 11 is 1.76. The number of thiazole rings is 1. The quantitative estimate of drug-likeness (QED) is 0.761. The Labute approximate surface area is 112 Å². The van der Waals surface area contributed by atoms with E-state index in [4.69, 9.17) is 0 Å². The van der Waals surface area contributed by atoms with Crippen molar-refractivity contribution in [3.8, 4) is 0 Å². The normalized spacial score (nSPS) is 28.8. The lowest BCUT2D eigenvalue weighted by Gasteiger charge is -2.51. The van der Waals surface area contributed by atoms with E-state index in [9.17, 15) is 4.79 Å². The van der Waals surface area contributed by atoms with E-state index in [1.165, 1.54) is 4.88 Å². The molecule has 2 aliphatic heterocycles. The zero-order chi connectivity index (χ0) is 12.8. The molecule has 2 saturated heterocycles.